The third-order valence-electron chi connectivity index (χ3n) is 1.43. The molecular formula is C11H13OS4Sb. The van der Waals surface area contributed by atoms with Gasteiger partial charge in [-0.25, -0.2) is 0 Å². The van der Waals surface area contributed by atoms with E-state index in [4.69, 9.17) is 30.0 Å². The Morgan fingerprint density at radius 2 is 1.76 bits per heavy atom. The molecule has 2 radical (unpaired) electrons. The normalized spacial score (nSPS) is 8.71. The summed E-state index contributed by atoms with van der Waals surface area (Å²) >= 11 is 18.8. The van der Waals surface area contributed by atoms with Crippen molar-refractivity contribution in [3.8, 4) is 0 Å². The monoisotopic (exact) mass is 410 g/mol. The second-order valence-corrected chi connectivity index (χ2v) is 5.25. The molecule has 0 heterocycles. The van der Waals surface area contributed by atoms with Crippen LogP contribution in [-0.4, -0.2) is 34.9 Å². The van der Waals surface area contributed by atoms with E-state index in [1.165, 1.54) is 5.56 Å². The Balaban J connectivity index is 0. The van der Waals surface area contributed by atoms with Gasteiger partial charge < -0.3 is 54.8 Å². The van der Waals surface area contributed by atoms with E-state index in [-0.39, 0.29) is 34.9 Å². The first-order valence-electron chi connectivity index (χ1n) is 4.65. The van der Waals surface area contributed by atoms with Crippen molar-refractivity contribution in [3.05, 3.63) is 23.8 Å². The molecule has 0 unspecified atom stereocenters. The Bertz CT molecular complexity index is 355. The van der Waals surface area contributed by atoms with Crippen LogP contribution in [0.5, 0.6) is 0 Å². The van der Waals surface area contributed by atoms with Crippen LogP contribution in [0.4, 0.5) is 0 Å². The van der Waals surface area contributed by atoms with Crippen molar-refractivity contribution in [1.29, 1.82) is 0 Å². The van der Waals surface area contributed by atoms with Crippen LogP contribution in [0.1, 0.15) is 19.4 Å². The molecule has 0 spiro atoms. The van der Waals surface area contributed by atoms with Gasteiger partial charge in [0.1, 0.15) is 0 Å². The number of hydrogen-bond acceptors (Lipinski definition) is 5. The van der Waals surface area contributed by atoms with Crippen molar-refractivity contribution in [2.24, 2.45) is 0 Å². The zero-order chi connectivity index (χ0) is 12.7. The predicted molar refractivity (Wildman–Crippen MR) is 84.4 cm³/mol. The molecule has 0 bridgehead atoms. The van der Waals surface area contributed by atoms with Gasteiger partial charge in [-0.1, -0.05) is 23.8 Å². The summed E-state index contributed by atoms with van der Waals surface area (Å²) in [6.07, 6.45) is 0.130. The van der Waals surface area contributed by atoms with Crippen LogP contribution in [0.2, 0.25) is 0 Å². The quantitative estimate of drug-likeness (QED) is 0.398. The van der Waals surface area contributed by atoms with E-state index in [2.05, 4.69) is 24.8 Å². The summed E-state index contributed by atoms with van der Waals surface area (Å²) in [6.45, 7) is 5.78. The van der Waals surface area contributed by atoms with Crippen LogP contribution >= 0.6 is 12.2 Å². The first-order chi connectivity index (χ1) is 7.32. The molecule has 1 rings (SSSR count). The van der Waals surface area contributed by atoms with Gasteiger partial charge >= 0.3 is 24.4 Å². The summed E-state index contributed by atoms with van der Waals surface area (Å²) in [5.41, 5.74) is 1.17. The molecule has 6 heteroatoms. The molecule has 0 fully saturated rings. The van der Waals surface area contributed by atoms with Gasteiger partial charge in [-0.3, -0.25) is 0 Å². The number of ether oxygens (including phenoxy) is 1. The van der Waals surface area contributed by atoms with Crippen LogP contribution < -0.4 is 0 Å². The van der Waals surface area contributed by atoms with Gasteiger partial charge in [0.25, 0.3) is 0 Å². The fraction of sp³-hybridized carbons (Fsp3) is 0.364. The molecule has 0 aliphatic heterocycles. The van der Waals surface area contributed by atoms with Gasteiger partial charge in [0.15, 0.2) is 0 Å². The molecule has 0 saturated heterocycles. The zero-order valence-electron chi connectivity index (χ0n) is 9.80. The van der Waals surface area contributed by atoms with Crippen molar-refractivity contribution in [1.82, 2.24) is 0 Å². The van der Waals surface area contributed by atoms with Crippen LogP contribution in [-0.2, 0) is 42.6 Å². The summed E-state index contributed by atoms with van der Waals surface area (Å²) in [5, 5.41) is 0. The molecule has 92 valence electrons. The van der Waals surface area contributed by atoms with E-state index < -0.39 is 0 Å². The van der Waals surface area contributed by atoms with Crippen LogP contribution in [0.25, 0.3) is 0 Å². The maximum Gasteiger partial charge on any atom is 3.00 e. The molecule has 1 aromatic rings. The Hall–Kier alpha value is 0.588. The summed E-state index contributed by atoms with van der Waals surface area (Å²) in [5.74, 6) is 0. The Kier molecular flexibility index (Phi) is 12.3. The molecule has 0 aromatic heterocycles. The van der Waals surface area contributed by atoms with Crippen molar-refractivity contribution >= 4 is 78.9 Å². The largest absolute Gasteiger partial charge is 3.00 e. The molecule has 0 amide bonds. The number of aryl methyl sites for hydroxylation is 1. The number of rotatable bonds is 1. The number of benzene rings is 1. The minimum absolute atomic E-state index is 0. The van der Waals surface area contributed by atoms with Gasteiger partial charge in [-0.2, -0.15) is 9.79 Å². The van der Waals surface area contributed by atoms with Crippen molar-refractivity contribution in [2.75, 3.05) is 0 Å². The van der Waals surface area contributed by atoms with E-state index in [0.29, 0.717) is 0 Å². The molecule has 1 nitrogen and oxygen atoms in total. The summed E-state index contributed by atoms with van der Waals surface area (Å²) in [7, 11) is 0. The maximum atomic E-state index is 4.94. The minimum atomic E-state index is 0. The second-order valence-electron chi connectivity index (χ2n) is 3.37. The minimum Gasteiger partial charge on any atom is -0.781 e. The molecule has 17 heavy (non-hydrogen) atoms. The van der Waals surface area contributed by atoms with E-state index in [1.54, 1.807) is 0 Å². The molecular weight excluding hydrogens is 398 g/mol. The average Bonchev–Trinajstić information content (AvgIpc) is 2.10. The van der Waals surface area contributed by atoms with Gasteiger partial charge in [0.2, 0.25) is 0 Å². The Morgan fingerprint density at radius 3 is 2.00 bits per heavy atom. The molecule has 0 aliphatic rings. The molecule has 0 atom stereocenters. The van der Waals surface area contributed by atoms with E-state index in [1.807, 2.05) is 39.0 Å². The Labute approximate surface area is 143 Å². The molecule has 1 aromatic carbocycles. The van der Waals surface area contributed by atoms with Gasteiger partial charge in [-0.15, -0.1) is 0 Å². The SMILES string of the molecule is CC(C)OC(=S)[S-].Cc1ccc([S-])c([S-])c1.[Sb+3]. The smallest absolute Gasteiger partial charge is 0.781 e. The third kappa shape index (κ3) is 11.4. The first kappa shape index (κ1) is 19.9. The maximum absolute atomic E-state index is 4.94. The fourth-order valence-electron chi connectivity index (χ4n) is 0.808. The van der Waals surface area contributed by atoms with Gasteiger partial charge in [0, 0.05) is 4.38 Å². The van der Waals surface area contributed by atoms with Gasteiger partial charge in [-0.05, 0) is 20.8 Å². The van der Waals surface area contributed by atoms with Crippen molar-refractivity contribution < 1.29 is 4.74 Å². The van der Waals surface area contributed by atoms with E-state index in [9.17, 15) is 0 Å². The predicted octanol–water partition coefficient (Wildman–Crippen LogP) is 2.67. The third-order valence-corrected chi connectivity index (χ3v) is 2.45. The van der Waals surface area contributed by atoms with Gasteiger partial charge in [0.05, 0.1) is 6.10 Å². The summed E-state index contributed by atoms with van der Waals surface area (Å²) in [6, 6.07) is 5.75. The topological polar surface area (TPSA) is 9.23 Å². The number of thiocarbonyl (C=S) groups is 1. The van der Waals surface area contributed by atoms with Crippen LogP contribution in [0.15, 0.2) is 28.0 Å². The van der Waals surface area contributed by atoms with E-state index >= 15 is 0 Å². The van der Waals surface area contributed by atoms with Crippen LogP contribution in [0.3, 0.4) is 0 Å². The summed E-state index contributed by atoms with van der Waals surface area (Å²) < 4.78 is 5.00. The van der Waals surface area contributed by atoms with E-state index in [0.717, 1.165) is 9.79 Å². The molecule has 0 N–H and O–H groups in total. The second kappa shape index (κ2) is 10.5. The zero-order valence-corrected chi connectivity index (χ0v) is 15.6. The standard InChI is InChI=1S/C7H8S2.C4H8OS2.Sb/c1-5-2-3-6(8)7(9)4-5;1-3(2)5-4(6)7;/h2-4,8-9H,1H3;3H,1-2H3,(H,6,7);/q;;+3/p-3. The molecule has 0 aliphatic carbocycles. The van der Waals surface area contributed by atoms with Crippen LogP contribution in [0, 0.1) is 6.92 Å². The number of hydrogen-bond donors (Lipinski definition) is 0. The van der Waals surface area contributed by atoms with Crippen molar-refractivity contribution in [2.45, 2.75) is 36.7 Å². The first-order valence-corrected chi connectivity index (χ1v) is 6.28. The fourth-order valence-corrected chi connectivity index (χ4v) is 1.57. The molecule has 0 saturated carbocycles. The summed E-state index contributed by atoms with van der Waals surface area (Å²) in [4.78, 5) is 1.56. The van der Waals surface area contributed by atoms with Crippen molar-refractivity contribution in [3.63, 3.8) is 0 Å². The Morgan fingerprint density at radius 1 is 1.24 bits per heavy atom. The average molecular weight is 411 g/mol.